The number of rotatable bonds is 6. The maximum atomic E-state index is 12.8. The van der Waals surface area contributed by atoms with Gasteiger partial charge in [-0.15, -0.1) is 0 Å². The molecule has 0 heterocycles. The first-order valence-electron chi connectivity index (χ1n) is 6.31. The summed E-state index contributed by atoms with van der Waals surface area (Å²) in [6.07, 6.45) is -1.08. The van der Waals surface area contributed by atoms with Gasteiger partial charge in [0.2, 0.25) is 0 Å². The van der Waals surface area contributed by atoms with E-state index in [0.29, 0.717) is 17.1 Å². The Kier molecular flexibility index (Phi) is 4.73. The lowest BCUT2D eigenvalue weighted by Gasteiger charge is -2.15. The van der Waals surface area contributed by atoms with Gasteiger partial charge in [0.25, 0.3) is 0 Å². The molecule has 1 aromatic carbocycles. The lowest BCUT2D eigenvalue weighted by molar-refractivity contribution is -0.137. The predicted octanol–water partition coefficient (Wildman–Crippen LogP) is 4.02. The van der Waals surface area contributed by atoms with E-state index in [4.69, 9.17) is 0 Å². The third-order valence-corrected chi connectivity index (χ3v) is 3.46. The molecule has 0 bridgehead atoms. The molecule has 106 valence electrons. The molecule has 0 radical (unpaired) electrons. The number of hydrogen-bond donors (Lipinski definition) is 2. The Bertz CT molecular complexity index is 430. The normalized spacial score (nSPS) is 15.6. The Balaban J connectivity index is 1.87. The van der Waals surface area contributed by atoms with Crippen molar-refractivity contribution in [3.05, 3.63) is 28.2 Å². The van der Waals surface area contributed by atoms with Gasteiger partial charge in [-0.05, 0) is 44.0 Å². The van der Waals surface area contributed by atoms with E-state index < -0.39 is 11.7 Å². The summed E-state index contributed by atoms with van der Waals surface area (Å²) >= 11 is 3.07. The summed E-state index contributed by atoms with van der Waals surface area (Å²) in [6, 6.07) is 4.81. The predicted molar refractivity (Wildman–Crippen MR) is 73.3 cm³/mol. The van der Waals surface area contributed by atoms with E-state index in [1.165, 1.54) is 18.9 Å². The highest BCUT2D eigenvalue weighted by Crippen LogP contribution is 2.36. The molecule has 1 saturated carbocycles. The summed E-state index contributed by atoms with van der Waals surface area (Å²) in [4.78, 5) is 0. The number of halogens is 4. The highest BCUT2D eigenvalue weighted by atomic mass is 79.9. The minimum atomic E-state index is -4.33. The van der Waals surface area contributed by atoms with Crippen molar-refractivity contribution in [3.63, 3.8) is 0 Å². The average Bonchev–Trinajstić information content (AvgIpc) is 3.13. The van der Waals surface area contributed by atoms with Gasteiger partial charge < -0.3 is 10.6 Å². The summed E-state index contributed by atoms with van der Waals surface area (Å²) < 4.78 is 39.0. The van der Waals surface area contributed by atoms with Crippen LogP contribution in [0.2, 0.25) is 0 Å². The Morgan fingerprint density at radius 1 is 1.21 bits per heavy atom. The molecular formula is C13H16BrF3N2. The molecule has 2 N–H and O–H groups in total. The fraction of sp³-hybridized carbons (Fsp3) is 0.538. The summed E-state index contributed by atoms with van der Waals surface area (Å²) in [5.74, 6) is 0. The van der Waals surface area contributed by atoms with Crippen LogP contribution in [0.4, 0.5) is 18.9 Å². The Morgan fingerprint density at radius 3 is 2.58 bits per heavy atom. The van der Waals surface area contributed by atoms with Crippen LogP contribution in [0.1, 0.15) is 24.8 Å². The fourth-order valence-corrected chi connectivity index (χ4v) is 2.17. The van der Waals surface area contributed by atoms with Crippen molar-refractivity contribution < 1.29 is 13.2 Å². The monoisotopic (exact) mass is 336 g/mol. The molecular weight excluding hydrogens is 321 g/mol. The average molecular weight is 337 g/mol. The van der Waals surface area contributed by atoms with Crippen molar-refractivity contribution in [2.45, 2.75) is 31.5 Å². The van der Waals surface area contributed by atoms with Gasteiger partial charge in [0.1, 0.15) is 0 Å². The number of benzene rings is 1. The van der Waals surface area contributed by atoms with Crippen molar-refractivity contribution in [2.24, 2.45) is 0 Å². The summed E-state index contributed by atoms with van der Waals surface area (Å²) in [6.45, 7) is 1.37. The summed E-state index contributed by atoms with van der Waals surface area (Å²) in [5.41, 5.74) is -0.487. The van der Waals surface area contributed by atoms with Crippen molar-refractivity contribution in [1.82, 2.24) is 5.32 Å². The van der Waals surface area contributed by atoms with Gasteiger partial charge in [0, 0.05) is 22.7 Å². The fourth-order valence-electron chi connectivity index (χ4n) is 1.81. The first kappa shape index (κ1) is 14.7. The van der Waals surface area contributed by atoms with Crippen LogP contribution in [0, 0.1) is 0 Å². The SMILES string of the molecule is FC(F)(F)c1cc(Br)ccc1NCCCNC1CC1. The first-order valence-corrected chi connectivity index (χ1v) is 7.10. The van der Waals surface area contributed by atoms with Gasteiger partial charge in [-0.2, -0.15) is 13.2 Å². The Morgan fingerprint density at radius 2 is 1.95 bits per heavy atom. The molecule has 1 aliphatic carbocycles. The molecule has 1 aliphatic rings. The molecule has 0 aliphatic heterocycles. The largest absolute Gasteiger partial charge is 0.418 e. The molecule has 0 saturated heterocycles. The molecule has 2 nitrogen and oxygen atoms in total. The minimum Gasteiger partial charge on any atom is -0.385 e. The van der Waals surface area contributed by atoms with E-state index >= 15 is 0 Å². The molecule has 0 atom stereocenters. The van der Waals surface area contributed by atoms with Crippen LogP contribution in [0.3, 0.4) is 0 Å². The van der Waals surface area contributed by atoms with Crippen LogP contribution in [0.25, 0.3) is 0 Å². The molecule has 1 fully saturated rings. The third-order valence-electron chi connectivity index (χ3n) is 2.97. The van der Waals surface area contributed by atoms with Crippen LogP contribution in [-0.4, -0.2) is 19.1 Å². The van der Waals surface area contributed by atoms with Crippen LogP contribution in [0.15, 0.2) is 22.7 Å². The number of nitrogens with one attached hydrogen (secondary N) is 2. The zero-order chi connectivity index (χ0) is 13.9. The Labute approximate surface area is 118 Å². The molecule has 0 aromatic heterocycles. The standard InChI is InChI=1S/C13H16BrF3N2/c14-9-2-5-12(11(8-9)13(15,16)17)19-7-1-6-18-10-3-4-10/h2,5,8,10,18-19H,1,3-4,6-7H2. The van der Waals surface area contributed by atoms with Gasteiger partial charge in [-0.25, -0.2) is 0 Å². The minimum absolute atomic E-state index is 0.141. The topological polar surface area (TPSA) is 24.1 Å². The van der Waals surface area contributed by atoms with Crippen LogP contribution in [0.5, 0.6) is 0 Å². The summed E-state index contributed by atoms with van der Waals surface area (Å²) in [5, 5.41) is 6.19. The first-order chi connectivity index (χ1) is 8.97. The molecule has 2 rings (SSSR count). The van der Waals surface area contributed by atoms with Gasteiger partial charge in [-0.3, -0.25) is 0 Å². The van der Waals surface area contributed by atoms with Gasteiger partial charge in [0.15, 0.2) is 0 Å². The molecule has 0 unspecified atom stereocenters. The van der Waals surface area contributed by atoms with E-state index in [-0.39, 0.29) is 5.69 Å². The highest BCUT2D eigenvalue weighted by Gasteiger charge is 2.33. The summed E-state index contributed by atoms with van der Waals surface area (Å²) in [7, 11) is 0. The molecule has 0 amide bonds. The number of hydrogen-bond acceptors (Lipinski definition) is 2. The number of anilines is 1. The molecule has 6 heteroatoms. The molecule has 19 heavy (non-hydrogen) atoms. The van der Waals surface area contributed by atoms with Crippen molar-refractivity contribution in [2.75, 3.05) is 18.4 Å². The maximum absolute atomic E-state index is 12.8. The second kappa shape index (κ2) is 6.13. The van der Waals surface area contributed by atoms with Crippen molar-refractivity contribution in [1.29, 1.82) is 0 Å². The maximum Gasteiger partial charge on any atom is 0.418 e. The zero-order valence-corrected chi connectivity index (χ0v) is 11.9. The lowest BCUT2D eigenvalue weighted by Crippen LogP contribution is -2.20. The second-order valence-electron chi connectivity index (χ2n) is 4.70. The van der Waals surface area contributed by atoms with E-state index in [2.05, 4.69) is 26.6 Å². The van der Waals surface area contributed by atoms with E-state index in [9.17, 15) is 13.2 Å². The van der Waals surface area contributed by atoms with E-state index in [0.717, 1.165) is 19.0 Å². The zero-order valence-electron chi connectivity index (χ0n) is 10.4. The van der Waals surface area contributed by atoms with Gasteiger partial charge in [0.05, 0.1) is 5.56 Å². The highest BCUT2D eigenvalue weighted by molar-refractivity contribution is 9.10. The quantitative estimate of drug-likeness (QED) is 0.766. The third kappa shape index (κ3) is 4.69. The van der Waals surface area contributed by atoms with Crippen molar-refractivity contribution in [3.8, 4) is 0 Å². The molecule has 1 aromatic rings. The van der Waals surface area contributed by atoms with Crippen LogP contribution in [-0.2, 0) is 6.18 Å². The van der Waals surface area contributed by atoms with E-state index in [1.54, 1.807) is 6.07 Å². The van der Waals surface area contributed by atoms with Crippen LogP contribution >= 0.6 is 15.9 Å². The Hall–Kier alpha value is -0.750. The molecule has 0 spiro atoms. The second-order valence-corrected chi connectivity index (χ2v) is 5.61. The van der Waals surface area contributed by atoms with Crippen LogP contribution < -0.4 is 10.6 Å². The van der Waals surface area contributed by atoms with Gasteiger partial charge >= 0.3 is 6.18 Å². The lowest BCUT2D eigenvalue weighted by atomic mass is 10.1. The number of alkyl halides is 3. The van der Waals surface area contributed by atoms with E-state index in [1.807, 2.05) is 0 Å². The smallest absolute Gasteiger partial charge is 0.385 e. The van der Waals surface area contributed by atoms with Gasteiger partial charge in [-0.1, -0.05) is 15.9 Å². The van der Waals surface area contributed by atoms with Crippen molar-refractivity contribution >= 4 is 21.6 Å².